The second-order valence-electron chi connectivity index (χ2n) is 0.0505. The number of hydrogen-bond donors (Lipinski definition) is 0. The quantitative estimate of drug-likeness (QED) is 0.589. The van der Waals surface area contributed by atoms with Gasteiger partial charge in [0, 0.05) is 0 Å². The van der Waals surface area contributed by atoms with E-state index in [1.165, 1.54) is 0 Å². The van der Waals surface area contributed by atoms with Gasteiger partial charge in [-0.2, -0.15) is 0 Å². The van der Waals surface area contributed by atoms with Crippen molar-refractivity contribution in [1.29, 1.82) is 0 Å². The molecular weight excluding hydrogens is 239 g/mol. The molecule has 0 amide bonds. The molecule has 0 aromatic heterocycles. The zero-order chi connectivity index (χ0) is 10.7. The van der Waals surface area contributed by atoms with Crippen molar-refractivity contribution in [1.82, 2.24) is 0 Å². The first-order valence-corrected chi connectivity index (χ1v) is 4.46. The van der Waals surface area contributed by atoms with Gasteiger partial charge < -0.3 is 19.2 Å². The number of carbonyl (C=O) groups is 4. The number of hydrogen-bond acceptors (Lipinski definition) is 4. The Morgan fingerprint density at radius 1 is 0.636 bits per heavy atom. The van der Waals surface area contributed by atoms with E-state index in [4.69, 9.17) is 39.4 Å². The summed E-state index contributed by atoms with van der Waals surface area (Å²) in [6, 6.07) is 0. The van der Waals surface area contributed by atoms with Crippen molar-refractivity contribution in [2.45, 2.75) is 0 Å². The average Bonchev–Trinajstić information content (AvgIpc) is 2.18. The van der Waals surface area contributed by atoms with Crippen molar-refractivity contribution in [2.24, 2.45) is 0 Å². The van der Waals surface area contributed by atoms with Gasteiger partial charge in [0.05, 0.1) is 0 Å². The topological polar surface area (TPSA) is 68.3 Å². The third kappa shape index (κ3) is 12200. The molecule has 4 nitrogen and oxygen atoms in total. The number of halogens is 2. The normalized spacial score (nSPS) is 3.45. The van der Waals surface area contributed by atoms with Crippen molar-refractivity contribution in [3.8, 4) is 0 Å². The molecule has 0 rings (SSSR count). The fourth-order valence-corrected chi connectivity index (χ4v) is 0. The van der Waals surface area contributed by atoms with Gasteiger partial charge in [-0.15, -0.1) is 0 Å². The molecule has 0 aliphatic rings. The molecule has 0 fully saturated rings. The molecule has 0 saturated heterocycles. The van der Waals surface area contributed by atoms with Gasteiger partial charge in [-0.05, 0) is 0 Å². The molecule has 0 bridgehead atoms. The Morgan fingerprint density at radius 2 is 0.636 bits per heavy atom. The molecule has 0 unspecified atom stereocenters. The van der Waals surface area contributed by atoms with Gasteiger partial charge in [0.15, 0.2) is 0 Å². The SMILES string of the molecule is C=O.C=O.C=O.C=O.[Cl][Fe][Cl]. The summed E-state index contributed by atoms with van der Waals surface area (Å²) in [5.74, 6) is 0. The van der Waals surface area contributed by atoms with Crippen LogP contribution in [0.25, 0.3) is 0 Å². The van der Waals surface area contributed by atoms with E-state index in [0.29, 0.717) is 0 Å². The van der Waals surface area contributed by atoms with Crippen LogP contribution in [0.5, 0.6) is 0 Å². The van der Waals surface area contributed by atoms with Gasteiger partial charge in [0.2, 0.25) is 0 Å². The summed E-state index contributed by atoms with van der Waals surface area (Å²) >= 11 is 0.194. The van der Waals surface area contributed by atoms with Gasteiger partial charge in [-0.1, -0.05) is 0 Å². The van der Waals surface area contributed by atoms with Crippen LogP contribution in [-0.4, -0.2) is 27.2 Å². The Bertz CT molecular complexity index is 35.3. The fourth-order valence-electron chi connectivity index (χ4n) is 0. The van der Waals surface area contributed by atoms with Crippen molar-refractivity contribution in [3.63, 3.8) is 0 Å². The van der Waals surface area contributed by atoms with Crippen LogP contribution in [0.1, 0.15) is 0 Å². The molecule has 70 valence electrons. The van der Waals surface area contributed by atoms with Gasteiger partial charge in [0.1, 0.15) is 27.2 Å². The van der Waals surface area contributed by atoms with E-state index in [-0.39, 0.29) is 13.1 Å². The molecule has 0 N–H and O–H groups in total. The van der Waals surface area contributed by atoms with E-state index in [0.717, 1.165) is 0 Å². The molecule has 0 atom stereocenters. The summed E-state index contributed by atoms with van der Waals surface area (Å²) in [5.41, 5.74) is 0. The van der Waals surface area contributed by atoms with Gasteiger partial charge in [0.25, 0.3) is 0 Å². The molecule has 0 saturated carbocycles. The van der Waals surface area contributed by atoms with Crippen LogP contribution in [0.4, 0.5) is 0 Å². The molecule has 0 aromatic carbocycles. The van der Waals surface area contributed by atoms with Crippen LogP contribution in [-0.2, 0) is 32.3 Å². The Morgan fingerprint density at radius 3 is 0.636 bits per heavy atom. The van der Waals surface area contributed by atoms with Crippen molar-refractivity contribution in [2.75, 3.05) is 0 Å². The van der Waals surface area contributed by atoms with Gasteiger partial charge in [-0.25, -0.2) is 0 Å². The molecule has 11 heavy (non-hydrogen) atoms. The first-order chi connectivity index (χ1) is 5.41. The summed E-state index contributed by atoms with van der Waals surface area (Å²) < 4.78 is 0. The molecule has 0 aromatic rings. The van der Waals surface area contributed by atoms with Crippen LogP contribution < -0.4 is 0 Å². The van der Waals surface area contributed by atoms with Crippen LogP contribution >= 0.6 is 20.2 Å². The van der Waals surface area contributed by atoms with Crippen LogP contribution in [0.15, 0.2) is 0 Å². The molecule has 0 spiro atoms. The minimum atomic E-state index is 0.194. The summed E-state index contributed by atoms with van der Waals surface area (Å²) in [6.45, 7) is 8.00. The van der Waals surface area contributed by atoms with E-state index in [2.05, 4.69) is 0 Å². The molecule has 0 aliphatic heterocycles. The molecule has 0 aliphatic carbocycles. The Kier molecular flexibility index (Phi) is 3480. The van der Waals surface area contributed by atoms with Crippen molar-refractivity contribution >= 4 is 47.4 Å². The average molecular weight is 247 g/mol. The van der Waals surface area contributed by atoms with Crippen LogP contribution in [0.3, 0.4) is 0 Å². The summed E-state index contributed by atoms with van der Waals surface area (Å²) in [6.07, 6.45) is 0. The van der Waals surface area contributed by atoms with E-state index in [9.17, 15) is 0 Å². The number of rotatable bonds is 0. The Balaban J connectivity index is -0.0000000139. The zero-order valence-electron chi connectivity index (χ0n) is 5.57. The molecule has 0 radical (unpaired) electrons. The molecular formula is C4H8Cl2FeO4. The summed E-state index contributed by atoms with van der Waals surface area (Å²) in [4.78, 5) is 32.0. The van der Waals surface area contributed by atoms with E-state index < -0.39 is 0 Å². The second-order valence-corrected chi connectivity index (χ2v) is 1.87. The van der Waals surface area contributed by atoms with Crippen molar-refractivity contribution < 1.29 is 32.3 Å². The third-order valence-electron chi connectivity index (χ3n) is 0. The first kappa shape index (κ1) is 30.9. The summed E-state index contributed by atoms with van der Waals surface area (Å²) in [5, 5.41) is 0. The van der Waals surface area contributed by atoms with Gasteiger partial charge >= 0.3 is 33.3 Å². The maximum atomic E-state index is 8.00. The van der Waals surface area contributed by atoms with Crippen LogP contribution in [0, 0.1) is 0 Å². The fraction of sp³-hybridized carbons (Fsp3) is 0. The minimum absolute atomic E-state index is 0.194. The predicted octanol–water partition coefficient (Wildman–Crippen LogP) is 0.637. The Hall–Kier alpha value is -0.221. The maximum absolute atomic E-state index is 8.00. The molecule has 0 heterocycles. The Labute approximate surface area is 79.8 Å². The second kappa shape index (κ2) is 1240. The third-order valence-corrected chi connectivity index (χ3v) is 0. The van der Waals surface area contributed by atoms with E-state index >= 15 is 0 Å². The monoisotopic (exact) mass is 246 g/mol. The summed E-state index contributed by atoms with van der Waals surface area (Å²) in [7, 11) is 9.53. The first-order valence-electron chi connectivity index (χ1n) is 1.42. The van der Waals surface area contributed by atoms with E-state index in [1.54, 1.807) is 0 Å². The van der Waals surface area contributed by atoms with E-state index in [1.807, 2.05) is 27.2 Å². The zero-order valence-corrected chi connectivity index (χ0v) is 8.19. The van der Waals surface area contributed by atoms with Crippen LogP contribution in [0.2, 0.25) is 0 Å². The van der Waals surface area contributed by atoms with Gasteiger partial charge in [-0.3, -0.25) is 0 Å². The van der Waals surface area contributed by atoms with Crippen molar-refractivity contribution in [3.05, 3.63) is 0 Å². The predicted molar refractivity (Wildman–Crippen MR) is 40.2 cm³/mol. The number of carbonyl (C=O) groups excluding carboxylic acids is 4. The standard InChI is InChI=1S/4CH2O.2ClH.Fe/c4*1-2;;;/h4*1H2;2*1H;/q;;;;;;+2/p-2. The molecule has 7 heteroatoms.